The van der Waals surface area contributed by atoms with Gasteiger partial charge in [0.15, 0.2) is 0 Å². The highest BCUT2D eigenvalue weighted by Crippen LogP contribution is 2.37. The van der Waals surface area contributed by atoms with Crippen molar-refractivity contribution in [3.63, 3.8) is 0 Å². The molecule has 5 heteroatoms. The Hall–Kier alpha value is -2.09. The zero-order valence-corrected chi connectivity index (χ0v) is 12.2. The minimum Gasteiger partial charge on any atom is -0.369 e. The van der Waals surface area contributed by atoms with Crippen LogP contribution in [0.3, 0.4) is 0 Å². The number of rotatable bonds is 2. The van der Waals surface area contributed by atoms with Crippen LogP contribution < -0.4 is 10.6 Å². The number of nitrogens with zero attached hydrogens (tertiary/aromatic N) is 4. The number of aromatic nitrogens is 1. The third-order valence-corrected chi connectivity index (χ3v) is 3.69. The molecule has 0 bridgehead atoms. The first-order valence-electron chi connectivity index (χ1n) is 6.14. The first-order valence-corrected chi connectivity index (χ1v) is 6.14. The van der Waals surface area contributed by atoms with Crippen molar-refractivity contribution < 1.29 is 0 Å². The summed E-state index contributed by atoms with van der Waals surface area (Å²) in [5.41, 5.74) is 6.38. The summed E-state index contributed by atoms with van der Waals surface area (Å²) in [4.78, 5) is 9.64. The van der Waals surface area contributed by atoms with Crippen LogP contribution in [0.15, 0.2) is 29.5 Å². The van der Waals surface area contributed by atoms with Crippen molar-refractivity contribution in [1.82, 2.24) is 4.98 Å². The molecule has 0 saturated carbocycles. The van der Waals surface area contributed by atoms with Crippen molar-refractivity contribution in [3.8, 4) is 6.19 Å². The maximum Gasteiger partial charge on any atom is 0.212 e. The molecule has 0 atom stereocenters. The number of hydrogen-bond donors (Lipinski definition) is 1. The molecule has 19 heavy (non-hydrogen) atoms. The number of aliphatic imine (C=N–C) groups is 1. The SMILES string of the molecule is CC(C)(C)C(C)(C)N(C(N)=NC#N)c1cccnc1. The predicted molar refractivity (Wildman–Crippen MR) is 77.5 cm³/mol. The van der Waals surface area contributed by atoms with E-state index in [2.05, 4.69) is 44.6 Å². The summed E-state index contributed by atoms with van der Waals surface area (Å²) in [6, 6.07) is 3.74. The Balaban J connectivity index is 3.39. The molecule has 1 heterocycles. The normalized spacial score (nSPS) is 12.9. The number of hydrogen-bond acceptors (Lipinski definition) is 3. The van der Waals surface area contributed by atoms with Crippen LogP contribution >= 0.6 is 0 Å². The van der Waals surface area contributed by atoms with Gasteiger partial charge in [-0.15, -0.1) is 4.99 Å². The van der Waals surface area contributed by atoms with Crippen molar-refractivity contribution in [1.29, 1.82) is 5.26 Å². The Morgan fingerprint density at radius 3 is 2.42 bits per heavy atom. The summed E-state index contributed by atoms with van der Waals surface area (Å²) in [5.74, 6) is 0.176. The Morgan fingerprint density at radius 1 is 1.37 bits per heavy atom. The highest BCUT2D eigenvalue weighted by Gasteiger charge is 2.40. The summed E-state index contributed by atoms with van der Waals surface area (Å²) in [5, 5.41) is 8.74. The van der Waals surface area contributed by atoms with E-state index in [0.29, 0.717) is 0 Å². The van der Waals surface area contributed by atoms with Crippen LogP contribution in [0.25, 0.3) is 0 Å². The average molecular weight is 259 g/mol. The van der Waals surface area contributed by atoms with Crippen LogP contribution in [-0.2, 0) is 0 Å². The molecule has 1 rings (SSSR count). The maximum absolute atomic E-state index is 8.74. The molecule has 1 aromatic rings. The maximum atomic E-state index is 8.74. The van der Waals surface area contributed by atoms with Crippen LogP contribution in [0.5, 0.6) is 0 Å². The molecule has 0 aliphatic carbocycles. The zero-order valence-electron chi connectivity index (χ0n) is 12.2. The molecule has 0 saturated heterocycles. The molecule has 0 unspecified atom stereocenters. The second-order valence-corrected chi connectivity index (χ2v) is 5.93. The fourth-order valence-electron chi connectivity index (χ4n) is 1.66. The minimum atomic E-state index is -0.333. The number of guanidine groups is 1. The third-order valence-electron chi connectivity index (χ3n) is 3.69. The Labute approximate surface area is 114 Å². The van der Waals surface area contributed by atoms with Gasteiger partial charge in [0, 0.05) is 11.7 Å². The molecule has 0 radical (unpaired) electrons. The second kappa shape index (κ2) is 5.27. The van der Waals surface area contributed by atoms with Crippen molar-refractivity contribution in [3.05, 3.63) is 24.5 Å². The number of nitrogens with two attached hydrogens (primary N) is 1. The van der Waals surface area contributed by atoms with Crippen LogP contribution in [0, 0.1) is 16.9 Å². The zero-order chi connectivity index (χ0) is 14.7. The first-order chi connectivity index (χ1) is 8.71. The van der Waals surface area contributed by atoms with Gasteiger partial charge in [-0.1, -0.05) is 20.8 Å². The predicted octanol–water partition coefficient (Wildman–Crippen LogP) is 2.51. The number of nitriles is 1. The van der Waals surface area contributed by atoms with E-state index in [4.69, 9.17) is 11.0 Å². The van der Waals surface area contributed by atoms with Crippen LogP contribution in [0.2, 0.25) is 0 Å². The second-order valence-electron chi connectivity index (χ2n) is 5.93. The molecule has 0 fully saturated rings. The van der Waals surface area contributed by atoms with Gasteiger partial charge in [0.25, 0.3) is 0 Å². The lowest BCUT2D eigenvalue weighted by Crippen LogP contribution is -2.58. The van der Waals surface area contributed by atoms with E-state index in [9.17, 15) is 0 Å². The van der Waals surface area contributed by atoms with E-state index >= 15 is 0 Å². The van der Waals surface area contributed by atoms with Gasteiger partial charge in [0.05, 0.1) is 11.9 Å². The summed E-state index contributed by atoms with van der Waals surface area (Å²) >= 11 is 0. The van der Waals surface area contributed by atoms with Gasteiger partial charge < -0.3 is 10.6 Å². The Kier molecular flexibility index (Phi) is 4.15. The van der Waals surface area contributed by atoms with Crippen LogP contribution in [-0.4, -0.2) is 16.5 Å². The minimum absolute atomic E-state index is 0.0710. The van der Waals surface area contributed by atoms with E-state index in [0.717, 1.165) is 5.69 Å². The van der Waals surface area contributed by atoms with Crippen molar-refractivity contribution >= 4 is 11.6 Å². The molecule has 0 aliphatic heterocycles. The standard InChI is InChI=1S/C14H21N5/c1-13(2,3)14(4,5)19(12(16)18-10-15)11-7-6-8-17-9-11/h6-9H,1-5H3,(H2,16,18). The van der Waals surface area contributed by atoms with E-state index in [1.807, 2.05) is 17.0 Å². The fraction of sp³-hybridized carbons (Fsp3) is 0.500. The van der Waals surface area contributed by atoms with Gasteiger partial charge in [-0.25, -0.2) is 0 Å². The van der Waals surface area contributed by atoms with Gasteiger partial charge in [0.1, 0.15) is 0 Å². The molecule has 5 nitrogen and oxygen atoms in total. The lowest BCUT2D eigenvalue weighted by atomic mass is 9.75. The monoisotopic (exact) mass is 259 g/mol. The van der Waals surface area contributed by atoms with Crippen molar-refractivity contribution in [2.75, 3.05) is 4.90 Å². The van der Waals surface area contributed by atoms with Crippen LogP contribution in [0.4, 0.5) is 5.69 Å². The summed E-state index contributed by atoms with van der Waals surface area (Å²) in [6.07, 6.45) is 5.16. The lowest BCUT2D eigenvalue weighted by molar-refractivity contribution is 0.231. The topological polar surface area (TPSA) is 78.3 Å². The highest BCUT2D eigenvalue weighted by molar-refractivity contribution is 5.96. The van der Waals surface area contributed by atoms with Gasteiger partial charge in [-0.05, 0) is 31.4 Å². The average Bonchev–Trinajstić information content (AvgIpc) is 2.29. The number of pyridine rings is 1. The van der Waals surface area contributed by atoms with E-state index in [-0.39, 0.29) is 16.9 Å². The highest BCUT2D eigenvalue weighted by atomic mass is 15.3. The first kappa shape index (κ1) is 15.0. The fourth-order valence-corrected chi connectivity index (χ4v) is 1.66. The number of anilines is 1. The van der Waals surface area contributed by atoms with E-state index in [1.54, 1.807) is 18.6 Å². The molecule has 0 aromatic carbocycles. The molecule has 1 aromatic heterocycles. The van der Waals surface area contributed by atoms with Gasteiger partial charge in [-0.2, -0.15) is 5.26 Å². The molecule has 0 spiro atoms. The van der Waals surface area contributed by atoms with Crippen LogP contribution in [0.1, 0.15) is 34.6 Å². The molecular formula is C14H21N5. The van der Waals surface area contributed by atoms with E-state index < -0.39 is 0 Å². The summed E-state index contributed by atoms with van der Waals surface area (Å²) in [6.45, 7) is 10.5. The summed E-state index contributed by atoms with van der Waals surface area (Å²) < 4.78 is 0. The van der Waals surface area contributed by atoms with E-state index in [1.165, 1.54) is 0 Å². The van der Waals surface area contributed by atoms with Gasteiger partial charge >= 0.3 is 0 Å². The van der Waals surface area contributed by atoms with Crippen molar-refractivity contribution in [2.24, 2.45) is 16.1 Å². The molecule has 0 amide bonds. The quantitative estimate of drug-likeness (QED) is 0.503. The smallest absolute Gasteiger partial charge is 0.212 e. The Morgan fingerprint density at radius 2 is 2.00 bits per heavy atom. The van der Waals surface area contributed by atoms with Gasteiger partial charge in [0.2, 0.25) is 12.2 Å². The molecular weight excluding hydrogens is 238 g/mol. The largest absolute Gasteiger partial charge is 0.369 e. The molecule has 0 aliphatic rings. The molecule has 102 valence electrons. The van der Waals surface area contributed by atoms with Crippen molar-refractivity contribution in [2.45, 2.75) is 40.2 Å². The Bertz CT molecular complexity index is 491. The molecule has 2 N–H and O–H groups in total. The van der Waals surface area contributed by atoms with Gasteiger partial charge in [-0.3, -0.25) is 4.98 Å². The lowest BCUT2D eigenvalue weighted by Gasteiger charge is -2.47. The third kappa shape index (κ3) is 3.02. The summed E-state index contributed by atoms with van der Waals surface area (Å²) in [7, 11) is 0.